The molecule has 4 nitrogen and oxygen atoms in total. The minimum atomic E-state index is 0.415. The van der Waals surface area contributed by atoms with Gasteiger partial charge in [0.1, 0.15) is 4.47 Å². The van der Waals surface area contributed by atoms with Crippen LogP contribution in [0.15, 0.2) is 4.47 Å². The van der Waals surface area contributed by atoms with Crippen molar-refractivity contribution in [2.45, 2.75) is 18.8 Å². The first kappa shape index (κ1) is 8.74. The van der Waals surface area contributed by atoms with Crippen LogP contribution in [0.3, 0.4) is 0 Å². The molecular formula is C8H9BrN2O2. The van der Waals surface area contributed by atoms with Crippen LogP contribution in [0.2, 0.25) is 0 Å². The molecule has 1 heterocycles. The van der Waals surface area contributed by atoms with Gasteiger partial charge in [-0.05, 0) is 28.8 Å². The summed E-state index contributed by atoms with van der Waals surface area (Å²) in [6, 6.07) is 0. The van der Waals surface area contributed by atoms with Crippen LogP contribution in [0.1, 0.15) is 24.5 Å². The normalized spacial score (nSPS) is 15.8. The van der Waals surface area contributed by atoms with Gasteiger partial charge >= 0.3 is 0 Å². The van der Waals surface area contributed by atoms with E-state index in [-0.39, 0.29) is 0 Å². The van der Waals surface area contributed by atoms with Gasteiger partial charge in [0, 0.05) is 13.0 Å². The van der Waals surface area contributed by atoms with Gasteiger partial charge in [-0.15, -0.1) is 0 Å². The molecule has 1 aromatic heterocycles. The molecular weight excluding hydrogens is 236 g/mol. The van der Waals surface area contributed by atoms with Crippen molar-refractivity contribution in [3.8, 4) is 5.88 Å². The third-order valence-electron chi connectivity index (χ3n) is 2.09. The average Bonchev–Trinajstić information content (AvgIpc) is 2.88. The van der Waals surface area contributed by atoms with Gasteiger partial charge < -0.3 is 4.74 Å². The fourth-order valence-electron chi connectivity index (χ4n) is 1.29. The van der Waals surface area contributed by atoms with Gasteiger partial charge in [0.05, 0.1) is 5.69 Å². The van der Waals surface area contributed by atoms with Crippen LogP contribution in [0, 0.1) is 0 Å². The largest absolute Gasteiger partial charge is 0.409 e. The first-order valence-corrected chi connectivity index (χ1v) is 4.86. The second-order valence-corrected chi connectivity index (χ2v) is 3.91. The van der Waals surface area contributed by atoms with Crippen LogP contribution in [0.25, 0.3) is 0 Å². The number of carbonyl (C=O) groups is 1. The molecule has 1 fully saturated rings. The number of nitrogens with zero attached hydrogens (tertiary/aromatic N) is 2. The number of aryl methyl sites for hydroxylation is 1. The maximum atomic E-state index is 10.2. The Morgan fingerprint density at radius 3 is 2.92 bits per heavy atom. The zero-order valence-corrected chi connectivity index (χ0v) is 8.74. The van der Waals surface area contributed by atoms with E-state index in [0.717, 1.165) is 10.2 Å². The first-order chi connectivity index (χ1) is 6.24. The zero-order chi connectivity index (χ0) is 9.42. The van der Waals surface area contributed by atoms with Gasteiger partial charge in [-0.25, -0.2) is 4.68 Å². The smallest absolute Gasteiger partial charge is 0.299 e. The van der Waals surface area contributed by atoms with Gasteiger partial charge in [0.15, 0.2) is 0 Å². The fourth-order valence-corrected chi connectivity index (χ4v) is 2.05. The summed E-state index contributed by atoms with van der Waals surface area (Å²) in [5, 5.41) is 4.28. The van der Waals surface area contributed by atoms with Crippen LogP contribution in [-0.2, 0) is 11.8 Å². The van der Waals surface area contributed by atoms with E-state index in [1.165, 1.54) is 12.8 Å². The molecule has 1 aliphatic rings. The zero-order valence-electron chi connectivity index (χ0n) is 7.16. The lowest BCUT2D eigenvalue weighted by Crippen LogP contribution is -1.97. The second kappa shape index (κ2) is 3.14. The van der Waals surface area contributed by atoms with Crippen LogP contribution < -0.4 is 4.74 Å². The summed E-state index contributed by atoms with van der Waals surface area (Å²) in [4.78, 5) is 10.2. The van der Waals surface area contributed by atoms with Crippen molar-refractivity contribution in [3.05, 3.63) is 10.2 Å². The van der Waals surface area contributed by atoms with E-state index in [1.807, 2.05) is 0 Å². The monoisotopic (exact) mass is 244 g/mol. The second-order valence-electron chi connectivity index (χ2n) is 3.12. The highest BCUT2D eigenvalue weighted by Gasteiger charge is 2.31. The molecule has 0 amide bonds. The van der Waals surface area contributed by atoms with Crippen molar-refractivity contribution in [2.75, 3.05) is 0 Å². The average molecular weight is 245 g/mol. The number of aromatic nitrogens is 2. The summed E-state index contributed by atoms with van der Waals surface area (Å²) in [6.07, 6.45) is 2.35. The summed E-state index contributed by atoms with van der Waals surface area (Å²) in [5.41, 5.74) is 0.999. The Bertz CT molecular complexity index is 344. The first-order valence-electron chi connectivity index (χ1n) is 4.06. The third kappa shape index (κ3) is 1.48. The SMILES string of the molecule is Cn1nc(C2CC2)c(Br)c1OC=O. The number of carbonyl (C=O) groups excluding carboxylic acids is 1. The highest BCUT2D eigenvalue weighted by molar-refractivity contribution is 9.10. The standard InChI is InChI=1S/C8H9BrN2O2/c1-11-8(13-4-12)6(9)7(10-11)5-2-3-5/h4-5H,2-3H2,1H3. The van der Waals surface area contributed by atoms with E-state index < -0.39 is 0 Å². The number of rotatable bonds is 3. The van der Waals surface area contributed by atoms with Crippen molar-refractivity contribution in [3.63, 3.8) is 0 Å². The highest BCUT2D eigenvalue weighted by atomic mass is 79.9. The molecule has 0 radical (unpaired) electrons. The van der Waals surface area contributed by atoms with E-state index in [1.54, 1.807) is 11.7 Å². The molecule has 2 rings (SSSR count). The summed E-state index contributed by atoms with van der Waals surface area (Å²) >= 11 is 3.38. The van der Waals surface area contributed by atoms with Crippen molar-refractivity contribution >= 4 is 22.4 Å². The Morgan fingerprint density at radius 2 is 2.38 bits per heavy atom. The molecule has 0 bridgehead atoms. The molecule has 0 atom stereocenters. The molecule has 0 spiro atoms. The van der Waals surface area contributed by atoms with Crippen molar-refractivity contribution in [1.29, 1.82) is 0 Å². The lowest BCUT2D eigenvalue weighted by molar-refractivity contribution is -0.121. The van der Waals surface area contributed by atoms with Crippen LogP contribution >= 0.6 is 15.9 Å². The van der Waals surface area contributed by atoms with E-state index in [0.29, 0.717) is 18.3 Å². The Kier molecular flexibility index (Phi) is 2.11. The van der Waals surface area contributed by atoms with Gasteiger partial charge in [-0.3, -0.25) is 4.79 Å². The molecule has 70 valence electrons. The molecule has 0 aliphatic heterocycles. The van der Waals surface area contributed by atoms with E-state index in [4.69, 9.17) is 4.74 Å². The molecule has 1 saturated carbocycles. The maximum absolute atomic E-state index is 10.2. The molecule has 1 aromatic rings. The molecule has 0 aromatic carbocycles. The van der Waals surface area contributed by atoms with Crippen LogP contribution in [-0.4, -0.2) is 16.3 Å². The number of ether oxygens (including phenoxy) is 1. The minimum absolute atomic E-state index is 0.415. The van der Waals surface area contributed by atoms with Crippen LogP contribution in [0.5, 0.6) is 5.88 Å². The van der Waals surface area contributed by atoms with Gasteiger partial charge in [0.25, 0.3) is 6.47 Å². The highest BCUT2D eigenvalue weighted by Crippen LogP contribution is 2.45. The molecule has 1 aliphatic carbocycles. The number of hydrogen-bond donors (Lipinski definition) is 0. The minimum Gasteiger partial charge on any atom is -0.409 e. The Hall–Kier alpha value is -0.840. The van der Waals surface area contributed by atoms with E-state index in [2.05, 4.69) is 21.0 Å². The fraction of sp³-hybridized carbons (Fsp3) is 0.500. The predicted octanol–water partition coefficient (Wildman–Crippen LogP) is 1.60. The Labute approximate surface area is 84.0 Å². The summed E-state index contributed by atoms with van der Waals surface area (Å²) in [7, 11) is 1.76. The number of halogens is 1. The molecule has 5 heteroatoms. The van der Waals surface area contributed by atoms with E-state index in [9.17, 15) is 4.79 Å². The summed E-state index contributed by atoms with van der Waals surface area (Å²) in [5.74, 6) is 1.03. The molecule has 0 unspecified atom stereocenters. The quantitative estimate of drug-likeness (QED) is 0.759. The lowest BCUT2D eigenvalue weighted by Gasteiger charge is -1.96. The van der Waals surface area contributed by atoms with Gasteiger partial charge in [-0.1, -0.05) is 0 Å². The van der Waals surface area contributed by atoms with E-state index >= 15 is 0 Å². The molecule has 0 saturated heterocycles. The Balaban J connectivity index is 2.37. The topological polar surface area (TPSA) is 44.1 Å². The molecule has 13 heavy (non-hydrogen) atoms. The van der Waals surface area contributed by atoms with Crippen molar-refractivity contribution in [2.24, 2.45) is 7.05 Å². The van der Waals surface area contributed by atoms with Crippen molar-refractivity contribution in [1.82, 2.24) is 9.78 Å². The lowest BCUT2D eigenvalue weighted by atomic mass is 10.3. The summed E-state index contributed by atoms with van der Waals surface area (Å²) in [6.45, 7) is 0.415. The van der Waals surface area contributed by atoms with Crippen LogP contribution in [0.4, 0.5) is 0 Å². The van der Waals surface area contributed by atoms with Gasteiger partial charge in [-0.2, -0.15) is 5.10 Å². The summed E-state index contributed by atoms with van der Waals surface area (Å²) < 4.78 is 7.18. The number of hydrogen-bond acceptors (Lipinski definition) is 3. The Morgan fingerprint density at radius 1 is 1.69 bits per heavy atom. The maximum Gasteiger partial charge on any atom is 0.299 e. The van der Waals surface area contributed by atoms with Gasteiger partial charge in [0.2, 0.25) is 5.88 Å². The third-order valence-corrected chi connectivity index (χ3v) is 2.83. The predicted molar refractivity (Wildman–Crippen MR) is 49.6 cm³/mol. The molecule has 0 N–H and O–H groups in total. The van der Waals surface area contributed by atoms with Crippen molar-refractivity contribution < 1.29 is 9.53 Å².